The first-order valence-electron chi connectivity index (χ1n) is 10.3. The smallest absolute Gasteiger partial charge is 0.262 e. The third-order valence-corrected chi connectivity index (χ3v) is 5.50. The standard InChI is InChI=1S/C26H20ClNO4/c1-2-30-22-10-3-17(4-11-22)13-19-14-23(18-5-7-20(27)8-6-18)28(26(19)29)21-9-12-24-25(15-21)32-16-31-24/h3-15H,2,16H2,1H3. The van der Waals surface area contributed by atoms with Crippen LogP contribution in [-0.2, 0) is 4.79 Å². The van der Waals surface area contributed by atoms with Gasteiger partial charge in [0.15, 0.2) is 11.5 Å². The molecule has 1 amide bonds. The Labute approximate surface area is 191 Å². The van der Waals surface area contributed by atoms with Crippen LogP contribution < -0.4 is 19.1 Å². The number of amides is 1. The first-order chi connectivity index (χ1) is 15.6. The van der Waals surface area contributed by atoms with Crippen molar-refractivity contribution in [2.24, 2.45) is 0 Å². The van der Waals surface area contributed by atoms with Crippen molar-refractivity contribution in [1.82, 2.24) is 0 Å². The Morgan fingerprint density at radius 3 is 2.50 bits per heavy atom. The van der Waals surface area contributed by atoms with Crippen LogP contribution in [0.5, 0.6) is 17.2 Å². The molecule has 0 N–H and O–H groups in total. The van der Waals surface area contributed by atoms with Gasteiger partial charge in [-0.25, -0.2) is 0 Å². The summed E-state index contributed by atoms with van der Waals surface area (Å²) < 4.78 is 16.4. The fourth-order valence-corrected chi connectivity index (χ4v) is 3.86. The van der Waals surface area contributed by atoms with E-state index >= 15 is 0 Å². The van der Waals surface area contributed by atoms with Gasteiger partial charge < -0.3 is 14.2 Å². The second-order valence-corrected chi connectivity index (χ2v) is 7.75. The van der Waals surface area contributed by atoms with E-state index < -0.39 is 0 Å². The van der Waals surface area contributed by atoms with E-state index in [0.29, 0.717) is 34.4 Å². The number of benzene rings is 3. The summed E-state index contributed by atoms with van der Waals surface area (Å²) in [5, 5.41) is 0.637. The highest BCUT2D eigenvalue weighted by Gasteiger charge is 2.31. The molecule has 2 aliphatic rings. The fraction of sp³-hybridized carbons (Fsp3) is 0.115. The van der Waals surface area contributed by atoms with Gasteiger partial charge in [0.1, 0.15) is 5.75 Å². The summed E-state index contributed by atoms with van der Waals surface area (Å²) >= 11 is 6.08. The number of nitrogens with zero attached hydrogens (tertiary/aromatic N) is 1. The molecule has 0 unspecified atom stereocenters. The van der Waals surface area contributed by atoms with Crippen LogP contribution in [0.1, 0.15) is 18.1 Å². The fourth-order valence-electron chi connectivity index (χ4n) is 3.74. The molecule has 5 rings (SSSR count). The Morgan fingerprint density at radius 2 is 1.75 bits per heavy atom. The van der Waals surface area contributed by atoms with Gasteiger partial charge in [-0.2, -0.15) is 0 Å². The third-order valence-electron chi connectivity index (χ3n) is 5.25. The maximum absolute atomic E-state index is 13.5. The first-order valence-corrected chi connectivity index (χ1v) is 10.7. The first kappa shape index (κ1) is 20.2. The predicted octanol–water partition coefficient (Wildman–Crippen LogP) is 5.94. The Bertz CT molecular complexity index is 1230. The molecule has 32 heavy (non-hydrogen) atoms. The van der Waals surface area contributed by atoms with Gasteiger partial charge in [0.2, 0.25) is 6.79 Å². The van der Waals surface area contributed by atoms with Gasteiger partial charge in [0.25, 0.3) is 5.91 Å². The summed E-state index contributed by atoms with van der Waals surface area (Å²) in [6.07, 6.45) is 3.77. The van der Waals surface area contributed by atoms with Crippen molar-refractivity contribution in [3.8, 4) is 17.2 Å². The number of rotatable bonds is 5. The zero-order chi connectivity index (χ0) is 22.1. The van der Waals surface area contributed by atoms with Crippen LogP contribution in [0.15, 0.2) is 78.4 Å². The average molecular weight is 446 g/mol. The number of carbonyl (C=O) groups excluding carboxylic acids is 1. The number of anilines is 1. The highest BCUT2D eigenvalue weighted by atomic mass is 35.5. The highest BCUT2D eigenvalue weighted by Crippen LogP contribution is 2.41. The number of fused-ring (bicyclic) bond motifs is 1. The largest absolute Gasteiger partial charge is 0.494 e. The van der Waals surface area contributed by atoms with Gasteiger partial charge in [-0.15, -0.1) is 0 Å². The molecule has 0 aliphatic carbocycles. The molecule has 160 valence electrons. The number of ether oxygens (including phenoxy) is 3. The summed E-state index contributed by atoms with van der Waals surface area (Å²) in [4.78, 5) is 15.2. The van der Waals surface area contributed by atoms with Crippen molar-refractivity contribution in [3.05, 3.63) is 94.5 Å². The second-order valence-electron chi connectivity index (χ2n) is 7.32. The van der Waals surface area contributed by atoms with Crippen LogP contribution in [0, 0.1) is 0 Å². The Balaban J connectivity index is 1.55. The van der Waals surface area contributed by atoms with Gasteiger partial charge in [0, 0.05) is 16.7 Å². The molecule has 2 aliphatic heterocycles. The summed E-state index contributed by atoms with van der Waals surface area (Å²) in [5.41, 5.74) is 3.85. The predicted molar refractivity (Wildman–Crippen MR) is 125 cm³/mol. The van der Waals surface area contributed by atoms with E-state index in [1.807, 2.05) is 85.8 Å². The number of hydrogen-bond acceptors (Lipinski definition) is 4. The second kappa shape index (κ2) is 8.44. The third kappa shape index (κ3) is 3.83. The monoisotopic (exact) mass is 445 g/mol. The van der Waals surface area contributed by atoms with E-state index in [1.165, 1.54) is 0 Å². The van der Waals surface area contributed by atoms with Crippen molar-refractivity contribution < 1.29 is 19.0 Å². The van der Waals surface area contributed by atoms with E-state index in [4.69, 9.17) is 25.8 Å². The zero-order valence-corrected chi connectivity index (χ0v) is 18.1. The van der Waals surface area contributed by atoms with Crippen LogP contribution in [0.25, 0.3) is 11.8 Å². The summed E-state index contributed by atoms with van der Waals surface area (Å²) in [7, 11) is 0. The molecule has 0 saturated heterocycles. The lowest BCUT2D eigenvalue weighted by atomic mass is 10.1. The van der Waals surface area contributed by atoms with Crippen LogP contribution in [0.2, 0.25) is 5.02 Å². The number of hydrogen-bond donors (Lipinski definition) is 0. The van der Waals surface area contributed by atoms with E-state index in [9.17, 15) is 4.79 Å². The SMILES string of the molecule is CCOc1ccc(C=C2C=C(c3ccc(Cl)cc3)N(c3ccc4c(c3)OCO4)C2=O)cc1. The van der Waals surface area contributed by atoms with Crippen LogP contribution in [0.3, 0.4) is 0 Å². The van der Waals surface area contributed by atoms with Crippen molar-refractivity contribution in [1.29, 1.82) is 0 Å². The Kier molecular flexibility index (Phi) is 5.33. The highest BCUT2D eigenvalue weighted by molar-refractivity contribution is 6.30. The zero-order valence-electron chi connectivity index (χ0n) is 17.4. The van der Waals surface area contributed by atoms with Crippen molar-refractivity contribution in [2.45, 2.75) is 6.92 Å². The molecule has 0 bridgehead atoms. The van der Waals surface area contributed by atoms with E-state index in [0.717, 1.165) is 22.6 Å². The quantitative estimate of drug-likeness (QED) is 0.456. The van der Waals surface area contributed by atoms with E-state index in [-0.39, 0.29) is 12.7 Å². The molecule has 6 heteroatoms. The Hall–Kier alpha value is -3.70. The lowest BCUT2D eigenvalue weighted by Gasteiger charge is -2.21. The van der Waals surface area contributed by atoms with Crippen LogP contribution in [-0.4, -0.2) is 19.3 Å². The van der Waals surface area contributed by atoms with Crippen molar-refractivity contribution >= 4 is 35.0 Å². The minimum absolute atomic E-state index is 0.122. The average Bonchev–Trinajstić information content (AvgIpc) is 3.40. The molecular weight excluding hydrogens is 426 g/mol. The maximum atomic E-state index is 13.5. The molecule has 0 atom stereocenters. The molecular formula is C26H20ClNO4. The van der Waals surface area contributed by atoms with Gasteiger partial charge in [-0.3, -0.25) is 9.69 Å². The van der Waals surface area contributed by atoms with Gasteiger partial charge in [-0.1, -0.05) is 35.9 Å². The summed E-state index contributed by atoms with van der Waals surface area (Å²) in [5.74, 6) is 1.96. The minimum Gasteiger partial charge on any atom is -0.494 e. The molecule has 3 aromatic carbocycles. The molecule has 0 spiro atoms. The van der Waals surface area contributed by atoms with Gasteiger partial charge in [-0.05, 0) is 66.6 Å². The van der Waals surface area contributed by atoms with Gasteiger partial charge >= 0.3 is 0 Å². The Morgan fingerprint density at radius 1 is 1.00 bits per heavy atom. The lowest BCUT2D eigenvalue weighted by Crippen LogP contribution is -2.24. The molecule has 2 heterocycles. The molecule has 0 saturated carbocycles. The lowest BCUT2D eigenvalue weighted by molar-refractivity contribution is -0.113. The normalized spacial score (nSPS) is 15.9. The minimum atomic E-state index is -0.122. The van der Waals surface area contributed by atoms with E-state index in [1.54, 1.807) is 4.90 Å². The topological polar surface area (TPSA) is 48.0 Å². The summed E-state index contributed by atoms with van der Waals surface area (Å²) in [6, 6.07) is 20.6. The molecule has 5 nitrogen and oxygen atoms in total. The van der Waals surface area contributed by atoms with Crippen LogP contribution in [0.4, 0.5) is 5.69 Å². The molecule has 0 radical (unpaired) electrons. The summed E-state index contributed by atoms with van der Waals surface area (Å²) in [6.45, 7) is 2.73. The maximum Gasteiger partial charge on any atom is 0.262 e. The van der Waals surface area contributed by atoms with E-state index in [2.05, 4.69) is 0 Å². The van der Waals surface area contributed by atoms with Crippen LogP contribution >= 0.6 is 11.6 Å². The molecule has 3 aromatic rings. The van der Waals surface area contributed by atoms with Crippen molar-refractivity contribution in [2.75, 3.05) is 18.3 Å². The molecule has 0 fully saturated rings. The molecule has 0 aromatic heterocycles. The van der Waals surface area contributed by atoms with Crippen molar-refractivity contribution in [3.63, 3.8) is 0 Å². The van der Waals surface area contributed by atoms with Gasteiger partial charge in [0.05, 0.1) is 18.0 Å². The number of halogens is 1. The number of carbonyl (C=O) groups is 1.